The summed E-state index contributed by atoms with van der Waals surface area (Å²) in [5.41, 5.74) is 9.69. The van der Waals surface area contributed by atoms with Gasteiger partial charge in [-0.2, -0.15) is 0 Å². The molecule has 1 aromatic carbocycles. The number of benzene rings is 1. The Hall–Kier alpha value is -2.29. The number of hydrogen-bond acceptors (Lipinski definition) is 2. The van der Waals surface area contributed by atoms with Crippen LogP contribution in [0.25, 0.3) is 22.2 Å². The normalized spacial score (nSPS) is 10.8. The fourth-order valence-electron chi connectivity index (χ4n) is 1.85. The number of rotatable bonds is 1. The molecule has 0 aliphatic heterocycles. The van der Waals surface area contributed by atoms with Crippen molar-refractivity contribution >= 4 is 16.7 Å². The van der Waals surface area contributed by atoms with Crippen molar-refractivity contribution in [2.45, 2.75) is 0 Å². The van der Waals surface area contributed by atoms with Crippen molar-refractivity contribution in [3.05, 3.63) is 48.8 Å². The Balaban J connectivity index is 2.22. The van der Waals surface area contributed by atoms with Crippen LogP contribution < -0.4 is 5.73 Å². The van der Waals surface area contributed by atoms with Gasteiger partial charge < -0.3 is 10.7 Å². The molecule has 0 fully saturated rings. The zero-order valence-corrected chi connectivity index (χ0v) is 8.64. The van der Waals surface area contributed by atoms with Gasteiger partial charge in [0.25, 0.3) is 0 Å². The van der Waals surface area contributed by atoms with E-state index in [1.807, 2.05) is 42.7 Å². The largest absolute Gasteiger partial charge is 0.398 e. The monoisotopic (exact) mass is 209 g/mol. The van der Waals surface area contributed by atoms with Gasteiger partial charge in [0.05, 0.1) is 0 Å². The van der Waals surface area contributed by atoms with Crippen molar-refractivity contribution in [3.8, 4) is 11.1 Å². The summed E-state index contributed by atoms with van der Waals surface area (Å²) >= 11 is 0. The zero-order chi connectivity index (χ0) is 11.0. The molecule has 0 bridgehead atoms. The second-order valence-electron chi connectivity index (χ2n) is 3.73. The van der Waals surface area contributed by atoms with Crippen LogP contribution in [0.5, 0.6) is 0 Å². The predicted octanol–water partition coefficient (Wildman–Crippen LogP) is 2.81. The fraction of sp³-hybridized carbons (Fsp3) is 0. The van der Waals surface area contributed by atoms with E-state index in [2.05, 4.69) is 16.0 Å². The molecule has 0 radical (unpaired) electrons. The highest BCUT2D eigenvalue weighted by Gasteiger charge is 2.03. The first-order valence-electron chi connectivity index (χ1n) is 5.12. The minimum absolute atomic E-state index is 0.777. The van der Waals surface area contributed by atoms with E-state index in [9.17, 15) is 0 Å². The second kappa shape index (κ2) is 3.38. The number of anilines is 1. The maximum Gasteiger partial charge on any atom is 0.137 e. The van der Waals surface area contributed by atoms with Gasteiger partial charge in [0.2, 0.25) is 0 Å². The Bertz CT molecular complexity index is 640. The van der Waals surface area contributed by atoms with Crippen LogP contribution in [0.3, 0.4) is 0 Å². The molecule has 0 aliphatic carbocycles. The summed E-state index contributed by atoms with van der Waals surface area (Å²) in [7, 11) is 0. The van der Waals surface area contributed by atoms with Gasteiger partial charge >= 0.3 is 0 Å². The summed E-state index contributed by atoms with van der Waals surface area (Å²) in [4.78, 5) is 7.42. The first-order valence-corrected chi connectivity index (χ1v) is 5.12. The van der Waals surface area contributed by atoms with Crippen molar-refractivity contribution < 1.29 is 0 Å². The molecule has 0 atom stereocenters. The van der Waals surface area contributed by atoms with Crippen molar-refractivity contribution in [3.63, 3.8) is 0 Å². The van der Waals surface area contributed by atoms with E-state index in [0.717, 1.165) is 27.8 Å². The third kappa shape index (κ3) is 1.34. The van der Waals surface area contributed by atoms with Gasteiger partial charge in [0.1, 0.15) is 5.65 Å². The van der Waals surface area contributed by atoms with Crippen LogP contribution in [0, 0.1) is 0 Å². The fourth-order valence-corrected chi connectivity index (χ4v) is 1.85. The number of nitrogen functional groups attached to an aromatic ring is 1. The number of H-pyrrole nitrogens is 1. The number of hydrogen-bond donors (Lipinski definition) is 2. The van der Waals surface area contributed by atoms with E-state index in [1.165, 1.54) is 0 Å². The van der Waals surface area contributed by atoms with E-state index in [1.54, 1.807) is 0 Å². The maximum atomic E-state index is 5.94. The summed E-state index contributed by atoms with van der Waals surface area (Å²) in [5.74, 6) is 0. The molecule has 0 spiro atoms. The minimum atomic E-state index is 0.777. The first kappa shape index (κ1) is 8.97. The average molecular weight is 209 g/mol. The van der Waals surface area contributed by atoms with Gasteiger partial charge in [-0.1, -0.05) is 18.2 Å². The number of nitrogens with zero attached hydrogens (tertiary/aromatic N) is 1. The summed E-state index contributed by atoms with van der Waals surface area (Å²) < 4.78 is 0. The van der Waals surface area contributed by atoms with Gasteiger partial charge in [-0.05, 0) is 18.2 Å². The predicted molar refractivity (Wildman–Crippen MR) is 65.9 cm³/mol. The molecule has 0 aliphatic rings. The highest BCUT2D eigenvalue weighted by atomic mass is 14.8. The number of fused-ring (bicyclic) bond motifs is 1. The van der Waals surface area contributed by atoms with Crippen molar-refractivity contribution in [1.82, 2.24) is 9.97 Å². The molecule has 3 heteroatoms. The molecule has 3 rings (SSSR count). The maximum absolute atomic E-state index is 5.94. The van der Waals surface area contributed by atoms with Gasteiger partial charge in [-0.3, -0.25) is 0 Å². The number of nitrogens with one attached hydrogen (secondary N) is 1. The molecule has 3 aromatic rings. The topological polar surface area (TPSA) is 54.7 Å². The zero-order valence-electron chi connectivity index (χ0n) is 8.64. The lowest BCUT2D eigenvalue weighted by Crippen LogP contribution is -1.89. The molecule has 0 unspecified atom stereocenters. The highest BCUT2D eigenvalue weighted by Crippen LogP contribution is 2.26. The molecule has 78 valence electrons. The quantitative estimate of drug-likeness (QED) is 0.605. The molecule has 3 nitrogen and oxygen atoms in total. The van der Waals surface area contributed by atoms with Gasteiger partial charge in [-0.25, -0.2) is 4.98 Å². The molecule has 3 N–H and O–H groups in total. The Kier molecular flexibility index (Phi) is 1.90. The first-order chi connectivity index (χ1) is 7.84. The summed E-state index contributed by atoms with van der Waals surface area (Å²) in [6.07, 6.45) is 3.72. The SMILES string of the molecule is Nc1ccccc1-c1cnc2[nH]ccc2c1. The lowest BCUT2D eigenvalue weighted by Gasteiger charge is -2.04. The number of nitrogens with two attached hydrogens (primary N) is 1. The van der Waals surface area contributed by atoms with Crippen LogP contribution in [0.15, 0.2) is 48.8 Å². The standard InChI is InChI=1S/C13H11N3/c14-12-4-2-1-3-11(12)10-7-9-5-6-15-13(9)16-8-10/h1-8H,14H2,(H,15,16). The third-order valence-electron chi connectivity index (χ3n) is 2.67. The van der Waals surface area contributed by atoms with Crippen LogP contribution in [0.2, 0.25) is 0 Å². The van der Waals surface area contributed by atoms with Crippen LogP contribution >= 0.6 is 0 Å². The average Bonchev–Trinajstić information content (AvgIpc) is 2.76. The molecular weight excluding hydrogens is 198 g/mol. The number of para-hydroxylation sites is 1. The minimum Gasteiger partial charge on any atom is -0.398 e. The van der Waals surface area contributed by atoms with E-state index < -0.39 is 0 Å². The lowest BCUT2D eigenvalue weighted by molar-refractivity contribution is 1.33. The van der Waals surface area contributed by atoms with Crippen molar-refractivity contribution in [2.75, 3.05) is 5.73 Å². The Morgan fingerprint density at radius 1 is 1.12 bits per heavy atom. The number of aromatic amines is 1. The number of pyridine rings is 1. The molecule has 0 saturated heterocycles. The van der Waals surface area contributed by atoms with Crippen LogP contribution in [-0.2, 0) is 0 Å². The Labute approximate surface area is 92.9 Å². The Morgan fingerprint density at radius 2 is 2.00 bits per heavy atom. The molecular formula is C13H11N3. The smallest absolute Gasteiger partial charge is 0.137 e. The molecule has 0 saturated carbocycles. The van der Waals surface area contributed by atoms with Crippen molar-refractivity contribution in [2.24, 2.45) is 0 Å². The number of aromatic nitrogens is 2. The molecule has 2 aromatic heterocycles. The molecule has 2 heterocycles. The summed E-state index contributed by atoms with van der Waals surface area (Å²) in [6.45, 7) is 0. The van der Waals surface area contributed by atoms with Crippen molar-refractivity contribution in [1.29, 1.82) is 0 Å². The van der Waals surface area contributed by atoms with Crippen LogP contribution in [0.1, 0.15) is 0 Å². The van der Waals surface area contributed by atoms with Gasteiger partial charge in [0, 0.05) is 34.6 Å². The summed E-state index contributed by atoms with van der Waals surface area (Å²) in [5, 5.41) is 1.10. The highest BCUT2D eigenvalue weighted by molar-refractivity contribution is 5.84. The van der Waals surface area contributed by atoms with E-state index >= 15 is 0 Å². The van der Waals surface area contributed by atoms with E-state index in [-0.39, 0.29) is 0 Å². The van der Waals surface area contributed by atoms with Crippen LogP contribution in [-0.4, -0.2) is 9.97 Å². The van der Waals surface area contributed by atoms with Gasteiger partial charge in [0.15, 0.2) is 0 Å². The molecule has 0 amide bonds. The van der Waals surface area contributed by atoms with Gasteiger partial charge in [-0.15, -0.1) is 0 Å². The van der Waals surface area contributed by atoms with E-state index in [4.69, 9.17) is 5.73 Å². The lowest BCUT2D eigenvalue weighted by atomic mass is 10.1. The van der Waals surface area contributed by atoms with E-state index in [0.29, 0.717) is 0 Å². The third-order valence-corrected chi connectivity index (χ3v) is 2.67. The molecule has 16 heavy (non-hydrogen) atoms. The van der Waals surface area contributed by atoms with Crippen LogP contribution in [0.4, 0.5) is 5.69 Å². The summed E-state index contributed by atoms with van der Waals surface area (Å²) in [6, 6.07) is 11.9. The Morgan fingerprint density at radius 3 is 2.88 bits per heavy atom. The second-order valence-corrected chi connectivity index (χ2v) is 3.73.